The summed E-state index contributed by atoms with van der Waals surface area (Å²) < 4.78 is 60.0. The first-order valence-electron chi connectivity index (χ1n) is 12.9. The molecule has 3 atom stereocenters. The number of hydrogen-bond donors (Lipinski definition) is 1. The maximum Gasteiger partial charge on any atom is 0.224 e. The van der Waals surface area contributed by atoms with Gasteiger partial charge in [0.05, 0.1) is 17.8 Å². The van der Waals surface area contributed by atoms with E-state index in [1.165, 1.54) is 23.9 Å². The second kappa shape index (κ2) is 12.1. The van der Waals surface area contributed by atoms with Gasteiger partial charge in [-0.3, -0.25) is 4.79 Å². The van der Waals surface area contributed by atoms with Crippen LogP contribution in [0.3, 0.4) is 0 Å². The lowest BCUT2D eigenvalue weighted by Crippen LogP contribution is -2.51. The van der Waals surface area contributed by atoms with Gasteiger partial charge in [-0.1, -0.05) is 32.9 Å². The van der Waals surface area contributed by atoms with E-state index in [2.05, 4.69) is 5.32 Å². The lowest BCUT2D eigenvalue weighted by atomic mass is 9.83. The Kier molecular flexibility index (Phi) is 9.06. The molecule has 210 valence electrons. The molecule has 0 spiro atoms. The van der Waals surface area contributed by atoms with E-state index in [0.29, 0.717) is 17.1 Å². The molecule has 1 amide bonds. The molecule has 0 saturated carbocycles. The van der Waals surface area contributed by atoms with Gasteiger partial charge < -0.3 is 14.8 Å². The third-order valence-corrected chi connectivity index (χ3v) is 7.48. The van der Waals surface area contributed by atoms with Crippen LogP contribution in [0.25, 0.3) is 11.3 Å². The molecule has 4 rings (SSSR count). The first-order valence-corrected chi connectivity index (χ1v) is 14.3. The van der Waals surface area contributed by atoms with Crippen molar-refractivity contribution in [3.05, 3.63) is 77.5 Å². The number of thioether (sulfide) groups is 1. The molecule has 1 aliphatic heterocycles. The minimum atomic E-state index is -1.28. The average molecular weight is 563 g/mol. The summed E-state index contributed by atoms with van der Waals surface area (Å²) in [5.41, 5.74) is 0.137. The summed E-state index contributed by atoms with van der Waals surface area (Å²) >= 11 is 1.53. The van der Waals surface area contributed by atoms with Crippen molar-refractivity contribution in [2.45, 2.75) is 52.0 Å². The summed E-state index contributed by atoms with van der Waals surface area (Å²) in [7, 11) is 0. The van der Waals surface area contributed by atoms with Crippen LogP contribution in [0.5, 0.6) is 0 Å². The topological polar surface area (TPSA) is 50.2 Å². The molecule has 0 radical (unpaired) electrons. The highest BCUT2D eigenvalue weighted by molar-refractivity contribution is 7.98. The molecule has 0 bridgehead atoms. The summed E-state index contributed by atoms with van der Waals surface area (Å²) in [6.45, 7) is 6.39. The highest BCUT2D eigenvalue weighted by Gasteiger charge is 2.45. The van der Waals surface area contributed by atoms with Gasteiger partial charge >= 0.3 is 0 Å². The first-order chi connectivity index (χ1) is 18.5. The van der Waals surface area contributed by atoms with Gasteiger partial charge in [0, 0.05) is 43.6 Å². The highest BCUT2D eigenvalue weighted by Crippen LogP contribution is 2.41. The molecule has 5 nitrogen and oxygen atoms in total. The predicted molar refractivity (Wildman–Crippen MR) is 147 cm³/mol. The normalized spacial score (nSPS) is 18.4. The maximum atomic E-state index is 15.2. The molecule has 10 heteroatoms. The fourth-order valence-electron chi connectivity index (χ4n) is 5.10. The molecule has 1 N–H and O–H groups in total. The fraction of sp³-hybridized carbons (Fsp3) is 0.448. The Labute approximate surface area is 231 Å². The van der Waals surface area contributed by atoms with Crippen LogP contribution in [0, 0.1) is 22.9 Å². The van der Waals surface area contributed by atoms with Crippen molar-refractivity contribution in [2.24, 2.45) is 5.41 Å². The van der Waals surface area contributed by atoms with Gasteiger partial charge in [-0.05, 0) is 47.6 Å². The van der Waals surface area contributed by atoms with Crippen LogP contribution in [0.15, 0.2) is 48.7 Å². The van der Waals surface area contributed by atoms with E-state index in [0.717, 1.165) is 18.2 Å². The predicted octanol–water partition coefficient (Wildman–Crippen LogP) is 5.99. The third-order valence-electron chi connectivity index (χ3n) is 6.87. The molecule has 1 aliphatic rings. The van der Waals surface area contributed by atoms with Crippen LogP contribution in [-0.2, 0) is 11.3 Å². The Hall–Kier alpha value is -2.85. The smallest absolute Gasteiger partial charge is 0.224 e. The number of carbonyl (C=O) groups is 1. The molecule has 1 aromatic heterocycles. The number of amides is 1. The van der Waals surface area contributed by atoms with Crippen LogP contribution in [0.4, 0.5) is 17.6 Å². The molecule has 0 aliphatic carbocycles. The van der Waals surface area contributed by atoms with Crippen LogP contribution in [0.2, 0.25) is 0 Å². The zero-order valence-electron chi connectivity index (χ0n) is 22.6. The van der Waals surface area contributed by atoms with Crippen molar-refractivity contribution in [3.8, 4) is 11.3 Å². The number of nitrogens with zero attached hydrogens (tertiary/aromatic N) is 3. The molecular formula is C29H34F4N4OS. The molecule has 1 saturated heterocycles. The van der Waals surface area contributed by atoms with Gasteiger partial charge in [-0.2, -0.15) is 11.8 Å². The van der Waals surface area contributed by atoms with Gasteiger partial charge in [0.15, 0.2) is 0 Å². The molecule has 1 fully saturated rings. The quantitative estimate of drug-likeness (QED) is 0.326. The Bertz CT molecular complexity index is 1310. The Morgan fingerprint density at radius 3 is 2.54 bits per heavy atom. The highest BCUT2D eigenvalue weighted by atomic mass is 32.2. The van der Waals surface area contributed by atoms with E-state index in [4.69, 9.17) is 4.98 Å². The van der Waals surface area contributed by atoms with Gasteiger partial charge in [-0.25, -0.2) is 22.5 Å². The SMILES string of the molecule is CSCCC(=O)N([C@@H]1CNC[C@@H]1F)[C@@H](c1nc(-c2cc(F)ccc2F)cn1Cc1cccc(F)c1)C(C)(C)C. The zero-order valence-corrected chi connectivity index (χ0v) is 23.4. The summed E-state index contributed by atoms with van der Waals surface area (Å²) in [4.78, 5) is 20.1. The summed E-state index contributed by atoms with van der Waals surface area (Å²) in [5, 5.41) is 3.04. The zero-order chi connectivity index (χ0) is 28.3. The number of rotatable bonds is 9. The molecule has 39 heavy (non-hydrogen) atoms. The summed E-state index contributed by atoms with van der Waals surface area (Å²) in [6.07, 6.45) is 2.42. The van der Waals surface area contributed by atoms with Crippen LogP contribution < -0.4 is 5.32 Å². The lowest BCUT2D eigenvalue weighted by molar-refractivity contribution is -0.140. The van der Waals surface area contributed by atoms with E-state index in [1.54, 1.807) is 27.8 Å². The van der Waals surface area contributed by atoms with Gasteiger partial charge in [-0.15, -0.1) is 0 Å². The molecular weight excluding hydrogens is 528 g/mol. The number of hydrogen-bond acceptors (Lipinski definition) is 4. The maximum absolute atomic E-state index is 15.2. The second-order valence-electron chi connectivity index (χ2n) is 10.9. The average Bonchev–Trinajstić information content (AvgIpc) is 3.47. The standard InChI is InChI=1S/C29H34F4N4OS/c1-29(2,3)27(37(26(38)10-11-39-4)25-15-34-14-23(25)33)28-35-24(21-13-20(31)8-9-22(21)32)17-36(28)16-18-6-5-7-19(30)12-18/h5-9,12-13,17,23,25,27,34H,10-11,14-16H2,1-4H3/t23-,25+,27-/m0/s1. The minimum absolute atomic E-state index is 0.0342. The number of halogens is 4. The van der Waals surface area contributed by atoms with Crippen LogP contribution in [-0.4, -0.2) is 57.7 Å². The Morgan fingerprint density at radius 2 is 1.90 bits per heavy atom. The third kappa shape index (κ3) is 6.66. The number of carbonyl (C=O) groups excluding carboxylic acids is 1. The lowest BCUT2D eigenvalue weighted by Gasteiger charge is -2.43. The van der Waals surface area contributed by atoms with E-state index in [9.17, 15) is 18.0 Å². The number of aromatic nitrogens is 2. The van der Waals surface area contributed by atoms with Gasteiger partial charge in [0.1, 0.15) is 29.4 Å². The van der Waals surface area contributed by atoms with Crippen molar-refractivity contribution >= 4 is 17.7 Å². The van der Waals surface area contributed by atoms with Crippen molar-refractivity contribution in [3.63, 3.8) is 0 Å². The van der Waals surface area contributed by atoms with Crippen LogP contribution >= 0.6 is 11.8 Å². The number of nitrogens with one attached hydrogen (secondary N) is 1. The first kappa shape index (κ1) is 29.1. The molecule has 2 aromatic carbocycles. The van der Waals surface area contributed by atoms with Gasteiger partial charge in [0.2, 0.25) is 5.91 Å². The minimum Gasteiger partial charge on any atom is -0.328 e. The number of benzene rings is 2. The molecule has 3 aromatic rings. The largest absolute Gasteiger partial charge is 0.328 e. The van der Waals surface area contributed by atoms with E-state index in [1.807, 2.05) is 27.0 Å². The number of imidazole rings is 1. The van der Waals surface area contributed by atoms with E-state index >= 15 is 4.39 Å². The fourth-order valence-corrected chi connectivity index (χ4v) is 5.48. The second-order valence-corrected chi connectivity index (χ2v) is 11.9. The van der Waals surface area contributed by atoms with Crippen LogP contribution in [0.1, 0.15) is 44.6 Å². The molecule has 2 heterocycles. The van der Waals surface area contributed by atoms with Crippen molar-refractivity contribution in [1.82, 2.24) is 19.8 Å². The summed E-state index contributed by atoms with van der Waals surface area (Å²) in [5.74, 6) is -0.931. The summed E-state index contributed by atoms with van der Waals surface area (Å²) in [6, 6.07) is 7.76. The van der Waals surface area contributed by atoms with Crippen molar-refractivity contribution in [2.75, 3.05) is 25.1 Å². The Balaban J connectivity index is 1.91. The van der Waals surface area contributed by atoms with Crippen molar-refractivity contribution in [1.29, 1.82) is 0 Å². The Morgan fingerprint density at radius 1 is 1.15 bits per heavy atom. The van der Waals surface area contributed by atoms with E-state index < -0.39 is 41.1 Å². The van der Waals surface area contributed by atoms with Gasteiger partial charge in [0.25, 0.3) is 0 Å². The monoisotopic (exact) mass is 562 g/mol. The van der Waals surface area contributed by atoms with E-state index in [-0.39, 0.29) is 43.2 Å². The molecule has 0 unspecified atom stereocenters. The number of alkyl halides is 1. The van der Waals surface area contributed by atoms with Crippen molar-refractivity contribution < 1.29 is 22.4 Å².